The van der Waals surface area contributed by atoms with Crippen molar-refractivity contribution in [1.82, 2.24) is 4.90 Å². The second-order valence-electron chi connectivity index (χ2n) is 5.41. The Morgan fingerprint density at radius 1 is 1.36 bits per heavy atom. The summed E-state index contributed by atoms with van der Waals surface area (Å²) >= 11 is 7.68. The Bertz CT molecular complexity index is 623. The Morgan fingerprint density at radius 2 is 2.27 bits per heavy atom. The zero-order valence-electron chi connectivity index (χ0n) is 12.2. The predicted octanol–water partition coefficient (Wildman–Crippen LogP) is 4.22. The number of carbonyl (C=O) groups is 1. The molecule has 2 aromatic rings. The molecule has 0 bridgehead atoms. The second-order valence-corrected chi connectivity index (χ2v) is 6.88. The molecule has 3 nitrogen and oxygen atoms in total. The maximum absolute atomic E-state index is 12.8. The van der Waals surface area contributed by atoms with E-state index in [1.807, 2.05) is 28.5 Å². The van der Waals surface area contributed by atoms with Crippen LogP contribution in [0.2, 0.25) is 5.02 Å². The first-order chi connectivity index (χ1) is 10.7. The monoisotopic (exact) mass is 335 g/mol. The van der Waals surface area contributed by atoms with E-state index < -0.39 is 0 Å². The number of ether oxygens (including phenoxy) is 1. The third-order valence-corrected chi connectivity index (χ3v) is 4.83. The lowest BCUT2D eigenvalue weighted by molar-refractivity contribution is 0.0509. The number of halogens is 1. The smallest absolute Gasteiger partial charge is 0.254 e. The molecule has 1 aromatic carbocycles. The van der Waals surface area contributed by atoms with E-state index in [9.17, 15) is 4.79 Å². The van der Waals surface area contributed by atoms with Gasteiger partial charge in [0.25, 0.3) is 5.91 Å². The Morgan fingerprint density at radius 3 is 2.95 bits per heavy atom. The summed E-state index contributed by atoms with van der Waals surface area (Å²) in [7, 11) is 0. The number of benzene rings is 1. The van der Waals surface area contributed by atoms with Gasteiger partial charge in [-0.05, 0) is 42.5 Å². The van der Waals surface area contributed by atoms with Gasteiger partial charge in [-0.3, -0.25) is 4.79 Å². The molecule has 1 amide bonds. The molecule has 1 aromatic heterocycles. The third-order valence-electron chi connectivity index (χ3n) is 3.73. The van der Waals surface area contributed by atoms with Gasteiger partial charge in [0.05, 0.1) is 12.6 Å². The van der Waals surface area contributed by atoms with Crippen LogP contribution in [0.4, 0.5) is 0 Å². The first kappa shape index (κ1) is 15.5. The van der Waals surface area contributed by atoms with Crippen molar-refractivity contribution in [3.63, 3.8) is 0 Å². The van der Waals surface area contributed by atoms with Crippen LogP contribution in [0, 0.1) is 0 Å². The Hall–Kier alpha value is -1.36. The van der Waals surface area contributed by atoms with Crippen molar-refractivity contribution in [2.45, 2.75) is 25.5 Å². The molecule has 0 spiro atoms. The van der Waals surface area contributed by atoms with Gasteiger partial charge in [0.15, 0.2) is 0 Å². The first-order valence-corrected chi connectivity index (χ1v) is 8.67. The molecule has 1 saturated heterocycles. The fourth-order valence-corrected chi connectivity index (χ4v) is 3.56. The lowest BCUT2D eigenvalue weighted by atomic mass is 10.1. The average Bonchev–Trinajstić information content (AvgIpc) is 3.19. The molecule has 2 heterocycles. The lowest BCUT2D eigenvalue weighted by Crippen LogP contribution is -2.36. The quantitative estimate of drug-likeness (QED) is 0.818. The van der Waals surface area contributed by atoms with Gasteiger partial charge in [-0.1, -0.05) is 23.7 Å². The summed E-state index contributed by atoms with van der Waals surface area (Å²) in [6.45, 7) is 2.04. The summed E-state index contributed by atoms with van der Waals surface area (Å²) in [5.41, 5.74) is 0.627. The van der Waals surface area contributed by atoms with Gasteiger partial charge < -0.3 is 9.64 Å². The van der Waals surface area contributed by atoms with Gasteiger partial charge in [0.1, 0.15) is 0 Å². The molecular weight excluding hydrogens is 318 g/mol. The highest BCUT2D eigenvalue weighted by atomic mass is 35.5. The number of hydrogen-bond acceptors (Lipinski definition) is 3. The van der Waals surface area contributed by atoms with Crippen LogP contribution in [0.15, 0.2) is 41.8 Å². The van der Waals surface area contributed by atoms with Crippen molar-refractivity contribution in [2.24, 2.45) is 0 Å². The molecular formula is C17H18ClNO2S. The van der Waals surface area contributed by atoms with Crippen molar-refractivity contribution >= 4 is 28.8 Å². The van der Waals surface area contributed by atoms with E-state index in [-0.39, 0.29) is 12.0 Å². The third kappa shape index (κ3) is 3.88. The van der Waals surface area contributed by atoms with Crippen LogP contribution in [0.5, 0.6) is 0 Å². The van der Waals surface area contributed by atoms with Gasteiger partial charge in [0, 0.05) is 28.6 Å². The van der Waals surface area contributed by atoms with Gasteiger partial charge in [-0.2, -0.15) is 0 Å². The molecule has 0 N–H and O–H groups in total. The molecule has 1 atom stereocenters. The average molecular weight is 336 g/mol. The zero-order valence-corrected chi connectivity index (χ0v) is 13.8. The van der Waals surface area contributed by atoms with E-state index in [0.717, 1.165) is 19.4 Å². The van der Waals surface area contributed by atoms with Crippen molar-refractivity contribution in [3.05, 3.63) is 57.2 Å². The minimum Gasteiger partial charge on any atom is -0.376 e. The molecule has 0 aliphatic carbocycles. The highest BCUT2D eigenvalue weighted by molar-refractivity contribution is 7.09. The summed E-state index contributed by atoms with van der Waals surface area (Å²) in [4.78, 5) is 15.9. The van der Waals surface area contributed by atoms with Crippen molar-refractivity contribution in [2.75, 3.05) is 13.2 Å². The summed E-state index contributed by atoms with van der Waals surface area (Å²) in [6.07, 6.45) is 2.23. The lowest BCUT2D eigenvalue weighted by Gasteiger charge is -2.25. The standard InChI is InChI=1S/C17H18ClNO2S/c18-14-5-1-4-13(10-14)17(20)19(11-15-6-2-8-21-15)12-16-7-3-9-22-16/h1,3-5,7,9-10,15H,2,6,8,11-12H2. The number of rotatable bonds is 5. The minimum atomic E-state index is 0.00593. The van der Waals surface area contributed by atoms with Crippen molar-refractivity contribution < 1.29 is 9.53 Å². The minimum absolute atomic E-state index is 0.00593. The molecule has 0 radical (unpaired) electrons. The Labute approximate surface area is 139 Å². The summed E-state index contributed by atoms with van der Waals surface area (Å²) in [6, 6.07) is 11.2. The summed E-state index contributed by atoms with van der Waals surface area (Å²) in [5.74, 6) is 0.00593. The summed E-state index contributed by atoms with van der Waals surface area (Å²) < 4.78 is 5.70. The fraction of sp³-hybridized carbons (Fsp3) is 0.353. The van der Waals surface area contributed by atoms with Crippen LogP contribution < -0.4 is 0 Å². The molecule has 5 heteroatoms. The number of thiophene rings is 1. The van der Waals surface area contributed by atoms with Gasteiger partial charge in [-0.15, -0.1) is 11.3 Å². The molecule has 3 rings (SSSR count). The molecule has 1 fully saturated rings. The number of carbonyl (C=O) groups excluding carboxylic acids is 1. The Balaban J connectivity index is 1.78. The van der Waals surface area contributed by atoms with Gasteiger partial charge in [0.2, 0.25) is 0 Å². The second kappa shape index (κ2) is 7.27. The molecule has 116 valence electrons. The van der Waals surface area contributed by atoms with E-state index in [1.54, 1.807) is 23.5 Å². The van der Waals surface area contributed by atoms with E-state index in [0.29, 0.717) is 23.7 Å². The van der Waals surface area contributed by atoms with Crippen LogP contribution in [0.1, 0.15) is 28.1 Å². The van der Waals surface area contributed by atoms with Crippen LogP contribution >= 0.6 is 22.9 Å². The van der Waals surface area contributed by atoms with Crippen molar-refractivity contribution in [3.8, 4) is 0 Å². The van der Waals surface area contributed by atoms with Crippen LogP contribution in [0.25, 0.3) is 0 Å². The van der Waals surface area contributed by atoms with Crippen LogP contribution in [-0.4, -0.2) is 30.1 Å². The maximum Gasteiger partial charge on any atom is 0.254 e. The fourth-order valence-electron chi connectivity index (χ4n) is 2.65. The highest BCUT2D eigenvalue weighted by Crippen LogP contribution is 2.20. The predicted molar refractivity (Wildman–Crippen MR) is 89.5 cm³/mol. The number of amides is 1. The molecule has 1 aliphatic rings. The van der Waals surface area contributed by atoms with Gasteiger partial charge in [-0.25, -0.2) is 0 Å². The normalized spacial score (nSPS) is 17.6. The number of hydrogen-bond donors (Lipinski definition) is 0. The summed E-state index contributed by atoms with van der Waals surface area (Å²) in [5, 5.41) is 2.61. The zero-order chi connectivity index (χ0) is 15.4. The van der Waals surface area contributed by atoms with Crippen LogP contribution in [0.3, 0.4) is 0 Å². The molecule has 22 heavy (non-hydrogen) atoms. The van der Waals surface area contributed by atoms with E-state index in [1.165, 1.54) is 4.88 Å². The first-order valence-electron chi connectivity index (χ1n) is 7.41. The van der Waals surface area contributed by atoms with E-state index in [2.05, 4.69) is 6.07 Å². The number of nitrogens with zero attached hydrogens (tertiary/aromatic N) is 1. The van der Waals surface area contributed by atoms with Crippen LogP contribution in [-0.2, 0) is 11.3 Å². The topological polar surface area (TPSA) is 29.5 Å². The Kier molecular flexibility index (Phi) is 5.13. The van der Waals surface area contributed by atoms with E-state index >= 15 is 0 Å². The molecule has 0 saturated carbocycles. The molecule has 1 unspecified atom stereocenters. The highest BCUT2D eigenvalue weighted by Gasteiger charge is 2.24. The largest absolute Gasteiger partial charge is 0.376 e. The maximum atomic E-state index is 12.8. The SMILES string of the molecule is O=C(c1cccc(Cl)c1)N(Cc1cccs1)CC1CCCO1. The molecule has 1 aliphatic heterocycles. The van der Waals surface area contributed by atoms with Gasteiger partial charge >= 0.3 is 0 Å². The van der Waals surface area contributed by atoms with E-state index in [4.69, 9.17) is 16.3 Å². The van der Waals surface area contributed by atoms with Crippen molar-refractivity contribution in [1.29, 1.82) is 0 Å².